The number of sulfonamides is 1. The van der Waals surface area contributed by atoms with E-state index in [9.17, 15) is 8.42 Å². The van der Waals surface area contributed by atoms with Crippen LogP contribution in [0.15, 0.2) is 28.5 Å². The van der Waals surface area contributed by atoms with Gasteiger partial charge in [0.25, 0.3) is 0 Å². The molecule has 2 aliphatic rings. The van der Waals surface area contributed by atoms with Crippen molar-refractivity contribution in [3.8, 4) is 0 Å². The van der Waals surface area contributed by atoms with Crippen LogP contribution in [0.3, 0.4) is 0 Å². The third-order valence-electron chi connectivity index (χ3n) is 5.38. The Hall–Kier alpha value is -1.21. The van der Waals surface area contributed by atoms with Crippen molar-refractivity contribution in [1.29, 1.82) is 0 Å². The van der Waals surface area contributed by atoms with Crippen molar-refractivity contribution in [2.24, 2.45) is 0 Å². The summed E-state index contributed by atoms with van der Waals surface area (Å²) in [6.45, 7) is 9.00. The summed E-state index contributed by atoms with van der Waals surface area (Å²) in [4.78, 5) is 4.43. The van der Waals surface area contributed by atoms with E-state index >= 15 is 0 Å². The molecule has 0 aliphatic carbocycles. The van der Waals surface area contributed by atoms with Gasteiger partial charge in [0.15, 0.2) is 0 Å². The second-order valence-corrected chi connectivity index (χ2v) is 10.2. The minimum atomic E-state index is -3.39. The predicted octanol–water partition coefficient (Wildman–Crippen LogP) is 3.10. The third kappa shape index (κ3) is 2.95. The molecule has 0 spiro atoms. The highest BCUT2D eigenvalue weighted by atomic mass is 32.2. The van der Waals surface area contributed by atoms with Crippen LogP contribution in [-0.2, 0) is 23.0 Å². The van der Waals surface area contributed by atoms with Crippen LogP contribution in [0.25, 0.3) is 0 Å². The minimum absolute atomic E-state index is 0.342. The second-order valence-electron chi connectivity index (χ2n) is 7.29. The summed E-state index contributed by atoms with van der Waals surface area (Å²) in [5.74, 6) is 0. The number of nitrogens with zero attached hydrogens (tertiary/aromatic N) is 2. The Labute approximate surface area is 154 Å². The quantitative estimate of drug-likeness (QED) is 0.826. The topological polar surface area (TPSA) is 40.6 Å². The first-order valence-electron chi connectivity index (χ1n) is 8.73. The Morgan fingerprint density at radius 3 is 2.48 bits per heavy atom. The highest BCUT2D eigenvalue weighted by Gasteiger charge is 2.41. The lowest BCUT2D eigenvalue weighted by Gasteiger charge is -2.45. The van der Waals surface area contributed by atoms with Crippen LogP contribution < -0.4 is 0 Å². The van der Waals surface area contributed by atoms with E-state index in [-0.39, 0.29) is 0 Å². The van der Waals surface area contributed by atoms with E-state index in [1.165, 1.54) is 10.4 Å². The zero-order chi connectivity index (χ0) is 17.8. The minimum Gasteiger partial charge on any atom is -0.293 e. The first kappa shape index (κ1) is 17.2. The summed E-state index contributed by atoms with van der Waals surface area (Å²) in [6, 6.07) is 6.46. The number of fused-ring (bicyclic) bond motifs is 1. The first-order chi connectivity index (χ1) is 11.9. The van der Waals surface area contributed by atoms with Gasteiger partial charge in [-0.3, -0.25) is 4.90 Å². The molecule has 1 saturated heterocycles. The largest absolute Gasteiger partial charge is 0.293 e. The Kier molecular flexibility index (Phi) is 4.27. The van der Waals surface area contributed by atoms with Gasteiger partial charge in [0.05, 0.1) is 4.90 Å². The van der Waals surface area contributed by atoms with Gasteiger partial charge in [-0.2, -0.15) is 4.31 Å². The van der Waals surface area contributed by atoms with E-state index in [4.69, 9.17) is 0 Å². The number of aryl methyl sites for hydroxylation is 3. The van der Waals surface area contributed by atoms with Crippen LogP contribution in [0.4, 0.5) is 0 Å². The maximum absolute atomic E-state index is 13.1. The van der Waals surface area contributed by atoms with E-state index in [1.807, 2.05) is 44.2 Å². The smallest absolute Gasteiger partial charge is 0.243 e. The van der Waals surface area contributed by atoms with Crippen molar-refractivity contribution in [2.75, 3.05) is 19.6 Å². The fourth-order valence-electron chi connectivity index (χ4n) is 4.13. The van der Waals surface area contributed by atoms with Crippen LogP contribution in [0.5, 0.6) is 0 Å². The van der Waals surface area contributed by atoms with E-state index in [2.05, 4.69) is 16.3 Å². The molecule has 0 N–H and O–H groups in total. The van der Waals surface area contributed by atoms with Crippen molar-refractivity contribution in [3.63, 3.8) is 0 Å². The van der Waals surface area contributed by atoms with Crippen molar-refractivity contribution < 1.29 is 8.42 Å². The molecule has 25 heavy (non-hydrogen) atoms. The molecule has 134 valence electrons. The second kappa shape index (κ2) is 6.20. The summed E-state index contributed by atoms with van der Waals surface area (Å²) in [5.41, 5.74) is 4.22. The normalized spacial score (nSPS) is 19.6. The van der Waals surface area contributed by atoms with Crippen LogP contribution in [-0.4, -0.2) is 43.3 Å². The van der Waals surface area contributed by atoms with Crippen LogP contribution in [0.1, 0.15) is 27.1 Å². The van der Waals surface area contributed by atoms with Gasteiger partial charge >= 0.3 is 0 Å². The first-order valence-corrected chi connectivity index (χ1v) is 11.1. The fourth-order valence-corrected chi connectivity index (χ4v) is 6.94. The predicted molar refractivity (Wildman–Crippen MR) is 102 cm³/mol. The summed E-state index contributed by atoms with van der Waals surface area (Å²) >= 11 is 1.84. The molecule has 0 bridgehead atoms. The van der Waals surface area contributed by atoms with Crippen LogP contribution in [0, 0.1) is 20.8 Å². The van der Waals surface area contributed by atoms with Gasteiger partial charge in [-0.05, 0) is 55.3 Å². The molecular weight excluding hydrogens is 352 g/mol. The summed E-state index contributed by atoms with van der Waals surface area (Å²) in [6.07, 6.45) is 1.09. The van der Waals surface area contributed by atoms with E-state index in [0.717, 1.165) is 36.2 Å². The van der Waals surface area contributed by atoms with Gasteiger partial charge in [-0.25, -0.2) is 8.42 Å². The van der Waals surface area contributed by atoms with Gasteiger partial charge < -0.3 is 0 Å². The number of rotatable bonds is 3. The molecule has 0 amide bonds. The molecule has 4 nitrogen and oxygen atoms in total. The number of hydrogen-bond donors (Lipinski definition) is 0. The van der Waals surface area contributed by atoms with Crippen LogP contribution >= 0.6 is 11.3 Å². The van der Waals surface area contributed by atoms with Crippen LogP contribution in [0.2, 0.25) is 0 Å². The van der Waals surface area contributed by atoms with Crippen molar-refractivity contribution in [2.45, 2.75) is 44.7 Å². The molecule has 2 aromatic rings. The molecule has 4 rings (SSSR count). The Balaban J connectivity index is 1.49. The zero-order valence-corrected chi connectivity index (χ0v) is 16.6. The maximum Gasteiger partial charge on any atom is 0.243 e. The summed E-state index contributed by atoms with van der Waals surface area (Å²) < 4.78 is 27.8. The average molecular weight is 377 g/mol. The van der Waals surface area contributed by atoms with Gasteiger partial charge in [-0.1, -0.05) is 17.7 Å². The van der Waals surface area contributed by atoms with Gasteiger partial charge in [-0.15, -0.1) is 11.3 Å². The highest BCUT2D eigenvalue weighted by Crippen LogP contribution is 2.32. The highest BCUT2D eigenvalue weighted by molar-refractivity contribution is 7.89. The molecule has 6 heteroatoms. The summed E-state index contributed by atoms with van der Waals surface area (Å²) in [7, 11) is -3.39. The lowest BCUT2D eigenvalue weighted by molar-refractivity contribution is 0.0774. The standard InChI is InChI=1S/C19H24N2O2S2/c1-13-8-14(2)19(15(3)9-13)25(22,23)21-11-17(12-21)20-6-4-18-16(10-20)5-7-24-18/h5,7-9,17H,4,6,10-12H2,1-3H3. The SMILES string of the molecule is Cc1cc(C)c(S(=O)(=O)N2CC(N3CCc4sccc4C3)C2)c(C)c1. The van der Waals surface area contributed by atoms with Gasteiger partial charge in [0, 0.05) is 37.1 Å². The zero-order valence-electron chi connectivity index (χ0n) is 14.9. The molecule has 3 heterocycles. The van der Waals surface area contributed by atoms with Crippen molar-refractivity contribution in [1.82, 2.24) is 9.21 Å². The monoisotopic (exact) mass is 376 g/mol. The Morgan fingerprint density at radius 1 is 1.12 bits per heavy atom. The average Bonchev–Trinajstić information content (AvgIpc) is 2.91. The maximum atomic E-state index is 13.1. The van der Waals surface area contributed by atoms with Gasteiger partial charge in [0.2, 0.25) is 10.0 Å². The molecule has 0 saturated carbocycles. The number of benzene rings is 1. The lowest BCUT2D eigenvalue weighted by Crippen LogP contribution is -2.61. The van der Waals surface area contributed by atoms with Crippen molar-refractivity contribution in [3.05, 3.63) is 50.7 Å². The summed E-state index contributed by atoms with van der Waals surface area (Å²) in [5, 5.41) is 2.16. The fraction of sp³-hybridized carbons (Fsp3) is 0.474. The molecule has 1 aromatic carbocycles. The molecule has 2 aliphatic heterocycles. The molecular formula is C19H24N2O2S2. The molecule has 0 unspecified atom stereocenters. The van der Waals surface area contributed by atoms with E-state index < -0.39 is 10.0 Å². The van der Waals surface area contributed by atoms with Crippen molar-refractivity contribution >= 4 is 21.4 Å². The molecule has 0 atom stereocenters. The van der Waals surface area contributed by atoms with Gasteiger partial charge in [0.1, 0.15) is 0 Å². The lowest BCUT2D eigenvalue weighted by atomic mass is 10.0. The Bertz CT molecular complexity index is 888. The number of thiophene rings is 1. The van der Waals surface area contributed by atoms with E-state index in [0.29, 0.717) is 24.0 Å². The third-order valence-corrected chi connectivity index (χ3v) is 8.55. The van der Waals surface area contributed by atoms with E-state index in [1.54, 1.807) is 4.31 Å². The molecule has 1 aromatic heterocycles. The molecule has 0 radical (unpaired) electrons. The Morgan fingerprint density at radius 2 is 1.80 bits per heavy atom. The molecule has 1 fully saturated rings. The number of hydrogen-bond acceptors (Lipinski definition) is 4.